The molecule has 0 heterocycles. The molecule has 0 saturated heterocycles. The summed E-state index contributed by atoms with van der Waals surface area (Å²) in [5, 5.41) is 32.4. The van der Waals surface area contributed by atoms with Crippen LogP contribution >= 0.6 is 7.26 Å². The molecule has 0 amide bonds. The van der Waals surface area contributed by atoms with Crippen LogP contribution in [0, 0.1) is 0 Å². The average Bonchev–Trinajstić information content (AvgIpc) is 3.01. The minimum absolute atomic E-state index is 0.125. The van der Waals surface area contributed by atoms with Gasteiger partial charge in [0.1, 0.15) is 23.3 Å². The normalized spacial score (nSPS) is 11.1. The first kappa shape index (κ1) is 43.5. The highest BCUT2D eigenvalue weighted by atomic mass is 32.2. The van der Waals surface area contributed by atoms with Gasteiger partial charge in [0.25, 0.3) is 0 Å². The van der Waals surface area contributed by atoms with E-state index >= 15 is 0 Å². The molecule has 0 saturated carbocycles. The maximum absolute atomic E-state index is 11.6. The van der Waals surface area contributed by atoms with Gasteiger partial charge < -0.3 is 34.5 Å². The molecule has 0 aliphatic heterocycles. The zero-order valence-corrected chi connectivity index (χ0v) is 28.2. The van der Waals surface area contributed by atoms with E-state index in [-0.39, 0.29) is 37.6 Å². The molecule has 0 bridgehead atoms. The first-order chi connectivity index (χ1) is 20.4. The van der Waals surface area contributed by atoms with Gasteiger partial charge in [0.2, 0.25) is 0 Å². The van der Waals surface area contributed by atoms with Crippen molar-refractivity contribution in [3.8, 4) is 0 Å². The Balaban J connectivity index is 0. The number of hydrogen-bond donors (Lipinski definition) is 4. The second-order valence-electron chi connectivity index (χ2n) is 10.0. The van der Waals surface area contributed by atoms with Crippen LogP contribution in [0.4, 0.5) is 0 Å². The van der Waals surface area contributed by atoms with Crippen LogP contribution in [0.15, 0.2) is 23.1 Å². The minimum Gasteiger partial charge on any atom is -0.744 e. The van der Waals surface area contributed by atoms with E-state index < -0.39 is 47.4 Å². The quantitative estimate of drug-likeness (QED) is 0.0901. The summed E-state index contributed by atoms with van der Waals surface area (Å²) in [5.41, 5.74) is -0.720. The Hall–Kier alpha value is -1.66. The molecule has 0 radical (unpaired) electrons. The summed E-state index contributed by atoms with van der Waals surface area (Å²) in [5.74, 6) is -2.04. The van der Waals surface area contributed by atoms with Gasteiger partial charge in [-0.2, -0.15) is 0 Å². The number of hydrogen-bond acceptors (Lipinski definition) is 11. The van der Waals surface area contributed by atoms with E-state index in [0.29, 0.717) is 0 Å². The Bertz CT molecular complexity index is 893. The third kappa shape index (κ3) is 20.8. The monoisotopic (exact) mass is 654 g/mol. The van der Waals surface area contributed by atoms with Gasteiger partial charge >= 0.3 is 11.9 Å². The standard InChI is InChI=1S/C16H36P.C12H14O9S.C2H6O2/c1-5-9-13-17(14-10-6-2,15-11-7-3)16-12-8-4;13-1-3-20-11(15)8-5-9(12(16)21-4-2-14)7-10(6-8)22(17,18)19;3-1-2-4/h5-16H2,1-4H3;5-7,13-14H,1-4H2,(H,17,18,19);3-4H,1-2H2/q+1;;/p-1. The molecule has 43 heavy (non-hydrogen) atoms. The smallest absolute Gasteiger partial charge is 0.338 e. The molecule has 13 heteroatoms. The number of ether oxygens (including phenoxy) is 2. The molecule has 4 N–H and O–H groups in total. The van der Waals surface area contributed by atoms with E-state index in [2.05, 4.69) is 37.2 Å². The number of unbranched alkanes of at least 4 members (excludes halogenated alkanes) is 4. The van der Waals surface area contributed by atoms with Crippen molar-refractivity contribution in [3.63, 3.8) is 0 Å². The first-order valence-corrected chi connectivity index (χ1v) is 19.1. The molecule has 11 nitrogen and oxygen atoms in total. The van der Waals surface area contributed by atoms with Crippen LogP contribution in [0.3, 0.4) is 0 Å². The van der Waals surface area contributed by atoms with E-state index in [9.17, 15) is 22.6 Å². The van der Waals surface area contributed by atoms with Gasteiger partial charge in [-0.15, -0.1) is 0 Å². The van der Waals surface area contributed by atoms with Crippen molar-refractivity contribution in [2.24, 2.45) is 0 Å². The highest BCUT2D eigenvalue weighted by molar-refractivity contribution is 7.85. The molecule has 1 aromatic rings. The van der Waals surface area contributed by atoms with Gasteiger partial charge in [-0.3, -0.25) is 0 Å². The van der Waals surface area contributed by atoms with Crippen LogP contribution < -0.4 is 0 Å². The number of esters is 2. The number of aliphatic hydroxyl groups is 4. The van der Waals surface area contributed by atoms with Crippen molar-refractivity contribution in [2.45, 2.75) is 84.0 Å². The number of aliphatic hydroxyl groups excluding tert-OH is 4. The first-order valence-electron chi connectivity index (χ1n) is 15.2. The molecule has 0 aliphatic rings. The highest BCUT2D eigenvalue weighted by Gasteiger charge is 2.34. The third-order valence-electron chi connectivity index (χ3n) is 6.36. The van der Waals surface area contributed by atoms with Crippen molar-refractivity contribution >= 4 is 29.3 Å². The predicted octanol–water partition coefficient (Wildman–Crippen LogP) is 4.06. The van der Waals surface area contributed by atoms with Crippen molar-refractivity contribution in [3.05, 3.63) is 29.3 Å². The Labute approximate surface area is 259 Å². The molecule has 0 spiro atoms. The number of rotatable bonds is 20. The molecule has 0 atom stereocenters. The van der Waals surface area contributed by atoms with Crippen LogP contribution in [-0.4, -0.2) is 110 Å². The number of carbonyl (C=O) groups excluding carboxylic acids is 2. The van der Waals surface area contributed by atoms with E-state index in [1.165, 1.54) is 51.4 Å². The summed E-state index contributed by atoms with van der Waals surface area (Å²) in [6.07, 6.45) is 17.9. The molecular formula is C30H55O11PS. The largest absolute Gasteiger partial charge is 0.744 e. The average molecular weight is 655 g/mol. The summed E-state index contributed by atoms with van der Waals surface area (Å²) in [6.45, 7) is 7.60. The lowest BCUT2D eigenvalue weighted by Gasteiger charge is -2.28. The molecular weight excluding hydrogens is 599 g/mol. The van der Waals surface area contributed by atoms with E-state index in [1.54, 1.807) is 24.6 Å². The molecule has 0 unspecified atom stereocenters. The molecule has 0 aromatic heterocycles. The van der Waals surface area contributed by atoms with E-state index in [4.69, 9.17) is 20.4 Å². The second kappa shape index (κ2) is 26.7. The van der Waals surface area contributed by atoms with Gasteiger partial charge in [0.15, 0.2) is 0 Å². The lowest BCUT2D eigenvalue weighted by Crippen LogP contribution is -2.14. The van der Waals surface area contributed by atoms with Gasteiger partial charge in [-0.1, -0.05) is 53.4 Å². The topological polar surface area (TPSA) is 191 Å². The van der Waals surface area contributed by atoms with Gasteiger partial charge in [-0.05, 0) is 43.9 Å². The van der Waals surface area contributed by atoms with Crippen LogP contribution in [0.5, 0.6) is 0 Å². The lowest BCUT2D eigenvalue weighted by atomic mass is 10.1. The van der Waals surface area contributed by atoms with Crippen molar-refractivity contribution in [1.82, 2.24) is 0 Å². The second-order valence-corrected chi connectivity index (χ2v) is 15.9. The fourth-order valence-corrected chi connectivity index (χ4v) is 9.90. The summed E-state index contributed by atoms with van der Waals surface area (Å²) >= 11 is 0. The zero-order chi connectivity index (χ0) is 33.2. The Morgan fingerprint density at radius 3 is 1.21 bits per heavy atom. The molecule has 0 aliphatic carbocycles. The minimum atomic E-state index is -4.92. The lowest BCUT2D eigenvalue weighted by molar-refractivity contribution is 0.0429. The highest BCUT2D eigenvalue weighted by Crippen LogP contribution is 2.61. The zero-order valence-electron chi connectivity index (χ0n) is 26.5. The third-order valence-corrected chi connectivity index (χ3v) is 12.2. The van der Waals surface area contributed by atoms with Crippen LogP contribution in [0.25, 0.3) is 0 Å². The molecule has 0 fully saturated rings. The fourth-order valence-electron chi connectivity index (χ4n) is 4.07. The summed E-state index contributed by atoms with van der Waals surface area (Å²) in [6, 6.07) is 2.49. The van der Waals surface area contributed by atoms with Crippen LogP contribution in [0.1, 0.15) is 99.8 Å². The summed E-state index contributed by atoms with van der Waals surface area (Å²) in [4.78, 5) is 22.5. The van der Waals surface area contributed by atoms with Gasteiger partial charge in [0, 0.05) is 7.26 Å². The molecule has 252 valence electrons. The molecule has 1 rings (SSSR count). The van der Waals surface area contributed by atoms with E-state index in [1.807, 2.05) is 0 Å². The van der Waals surface area contributed by atoms with Crippen molar-refractivity contribution in [1.29, 1.82) is 0 Å². The van der Waals surface area contributed by atoms with Crippen molar-refractivity contribution < 1.29 is 52.5 Å². The number of carbonyl (C=O) groups is 2. The maximum atomic E-state index is 11.6. The summed E-state index contributed by atoms with van der Waals surface area (Å²) < 4.78 is 42.4. The Kier molecular flexibility index (Phi) is 27.0. The maximum Gasteiger partial charge on any atom is 0.338 e. The van der Waals surface area contributed by atoms with Crippen molar-refractivity contribution in [2.75, 3.05) is 64.3 Å². The Morgan fingerprint density at radius 2 is 0.977 bits per heavy atom. The van der Waals surface area contributed by atoms with Crippen LogP contribution in [-0.2, 0) is 19.6 Å². The number of benzene rings is 1. The van der Waals surface area contributed by atoms with Gasteiger partial charge in [-0.25, -0.2) is 18.0 Å². The predicted molar refractivity (Wildman–Crippen MR) is 169 cm³/mol. The Morgan fingerprint density at radius 1 is 0.651 bits per heavy atom. The SMILES string of the molecule is CCCC[P+](CCCC)(CCCC)CCCC.O=C(OCCO)c1cc(C(=O)OCCO)cc(S(=O)(=O)[O-])c1.OCCO. The van der Waals surface area contributed by atoms with E-state index in [0.717, 1.165) is 18.2 Å². The molecule has 1 aromatic carbocycles. The fraction of sp³-hybridized carbons (Fsp3) is 0.733. The van der Waals surface area contributed by atoms with Gasteiger partial charge in [0.05, 0.1) is 67.1 Å². The summed E-state index contributed by atoms with van der Waals surface area (Å²) in [7, 11) is -5.48. The van der Waals surface area contributed by atoms with Crippen LogP contribution in [0.2, 0.25) is 0 Å².